The number of rotatable bonds is 12. The van der Waals surface area contributed by atoms with Crippen molar-refractivity contribution in [1.29, 1.82) is 0 Å². The zero-order valence-electron chi connectivity index (χ0n) is 17.5. The highest BCUT2D eigenvalue weighted by Crippen LogP contribution is 2.29. The Morgan fingerprint density at radius 2 is 1.79 bits per heavy atom. The molecule has 6 heteroatoms. The number of fused-ring (bicyclic) bond motifs is 3. The van der Waals surface area contributed by atoms with Crippen LogP contribution in [0.2, 0.25) is 0 Å². The molecule has 3 N–H and O–H groups in total. The summed E-state index contributed by atoms with van der Waals surface area (Å²) in [6.45, 7) is 9.26. The van der Waals surface area contributed by atoms with Gasteiger partial charge >= 0.3 is 0 Å². The first-order valence-electron chi connectivity index (χ1n) is 10.6. The summed E-state index contributed by atoms with van der Waals surface area (Å²) in [5, 5.41) is 4.58. The van der Waals surface area contributed by atoms with Crippen molar-refractivity contribution in [3.63, 3.8) is 0 Å². The van der Waals surface area contributed by atoms with Crippen molar-refractivity contribution in [1.82, 2.24) is 15.0 Å². The van der Waals surface area contributed by atoms with E-state index in [4.69, 9.17) is 4.74 Å². The second-order valence-electron chi connectivity index (χ2n) is 7.47. The zero-order valence-corrected chi connectivity index (χ0v) is 17.5. The number of nitrogens with one attached hydrogen (secondary N) is 3. The lowest BCUT2D eigenvalue weighted by molar-refractivity contribution is -0.900. The minimum absolute atomic E-state index is 0.837. The van der Waals surface area contributed by atoms with Crippen molar-refractivity contribution in [2.75, 3.05) is 38.6 Å². The summed E-state index contributed by atoms with van der Waals surface area (Å²) < 4.78 is 5.35. The predicted octanol–water partition coefficient (Wildman–Crippen LogP) is 3.41. The van der Waals surface area contributed by atoms with Gasteiger partial charge in [0.15, 0.2) is 5.82 Å². The van der Waals surface area contributed by atoms with Crippen molar-refractivity contribution in [2.24, 2.45) is 0 Å². The van der Waals surface area contributed by atoms with Crippen molar-refractivity contribution < 1.29 is 9.64 Å². The third-order valence-corrected chi connectivity index (χ3v) is 5.36. The van der Waals surface area contributed by atoms with E-state index in [2.05, 4.69) is 34.1 Å². The summed E-state index contributed by atoms with van der Waals surface area (Å²) in [6, 6.07) is 6.01. The summed E-state index contributed by atoms with van der Waals surface area (Å²) in [5.74, 6) is 1.72. The Hall–Kier alpha value is -2.34. The van der Waals surface area contributed by atoms with Crippen LogP contribution in [0.15, 0.2) is 24.5 Å². The number of aromatic nitrogens is 3. The minimum Gasteiger partial charge on any atom is -0.497 e. The summed E-state index contributed by atoms with van der Waals surface area (Å²) in [5.41, 5.74) is 2.95. The van der Waals surface area contributed by atoms with Gasteiger partial charge < -0.3 is 19.9 Å². The average Bonchev–Trinajstić information content (AvgIpc) is 3.11. The van der Waals surface area contributed by atoms with Crippen molar-refractivity contribution in [3.8, 4) is 5.75 Å². The summed E-state index contributed by atoms with van der Waals surface area (Å²) >= 11 is 0. The second-order valence-corrected chi connectivity index (χ2v) is 7.47. The molecule has 0 unspecified atom stereocenters. The standard InChI is InChI=1S/C22H33N5O/c1-4-6-12-27(13-7-5-2)14-8-11-23-22-21-20(24-16-25-22)18-15-17(28-3)9-10-19(18)26-21/h9-10,15-16,26H,4-8,11-14H2,1-3H3,(H,23,24,25)/p+1. The van der Waals surface area contributed by atoms with Crippen LogP contribution in [0.3, 0.4) is 0 Å². The number of hydrogen-bond donors (Lipinski definition) is 3. The van der Waals surface area contributed by atoms with E-state index in [0.717, 1.165) is 46.5 Å². The van der Waals surface area contributed by atoms with Gasteiger partial charge in [0.2, 0.25) is 0 Å². The van der Waals surface area contributed by atoms with Gasteiger partial charge in [-0.3, -0.25) is 0 Å². The van der Waals surface area contributed by atoms with Crippen LogP contribution in [0.5, 0.6) is 5.75 Å². The first-order valence-corrected chi connectivity index (χ1v) is 10.6. The maximum Gasteiger partial charge on any atom is 0.153 e. The normalized spacial score (nSPS) is 11.6. The third kappa shape index (κ3) is 4.93. The van der Waals surface area contributed by atoms with E-state index in [1.807, 2.05) is 18.2 Å². The lowest BCUT2D eigenvalue weighted by Crippen LogP contribution is -3.12. The molecule has 2 heterocycles. The Balaban J connectivity index is 1.64. The van der Waals surface area contributed by atoms with Gasteiger partial charge in [0, 0.05) is 23.9 Å². The van der Waals surface area contributed by atoms with Gasteiger partial charge in [-0.05, 0) is 31.0 Å². The number of anilines is 1. The molecule has 0 saturated heterocycles. The maximum atomic E-state index is 5.35. The van der Waals surface area contributed by atoms with Crippen LogP contribution in [0.4, 0.5) is 5.82 Å². The van der Waals surface area contributed by atoms with E-state index in [1.165, 1.54) is 45.3 Å². The van der Waals surface area contributed by atoms with Crippen LogP contribution in [0, 0.1) is 0 Å². The second kappa shape index (κ2) is 10.3. The monoisotopic (exact) mass is 384 g/mol. The van der Waals surface area contributed by atoms with Gasteiger partial charge in [0.05, 0.1) is 26.7 Å². The molecule has 3 aromatic rings. The van der Waals surface area contributed by atoms with Gasteiger partial charge in [0.25, 0.3) is 0 Å². The Morgan fingerprint density at radius 1 is 1.04 bits per heavy atom. The van der Waals surface area contributed by atoms with Gasteiger partial charge in [-0.25, -0.2) is 9.97 Å². The number of methoxy groups -OCH3 is 1. The molecule has 0 spiro atoms. The molecule has 6 nitrogen and oxygen atoms in total. The number of aromatic amines is 1. The number of hydrogen-bond acceptors (Lipinski definition) is 4. The Bertz CT molecular complexity index is 868. The Kier molecular flexibility index (Phi) is 7.48. The highest BCUT2D eigenvalue weighted by atomic mass is 16.5. The number of ether oxygens (including phenoxy) is 1. The lowest BCUT2D eigenvalue weighted by Gasteiger charge is -2.19. The topological polar surface area (TPSA) is 67.3 Å². The summed E-state index contributed by atoms with van der Waals surface area (Å²) in [6.07, 6.45) is 7.96. The zero-order chi connectivity index (χ0) is 19.8. The SMILES string of the molecule is CCCC[NH+](CCCC)CCCNc1ncnc2c1[nH]c1ccc(OC)cc12. The van der Waals surface area contributed by atoms with E-state index in [0.29, 0.717) is 0 Å². The highest BCUT2D eigenvalue weighted by molar-refractivity contribution is 6.08. The molecule has 0 aliphatic rings. The van der Waals surface area contributed by atoms with E-state index in [-0.39, 0.29) is 0 Å². The smallest absolute Gasteiger partial charge is 0.153 e. The van der Waals surface area contributed by atoms with Crippen LogP contribution >= 0.6 is 0 Å². The molecule has 3 rings (SSSR count). The molecule has 0 saturated carbocycles. The summed E-state index contributed by atoms with van der Waals surface area (Å²) in [4.78, 5) is 14.1. The van der Waals surface area contributed by atoms with Crippen LogP contribution in [0.1, 0.15) is 46.0 Å². The van der Waals surface area contributed by atoms with E-state index in [9.17, 15) is 0 Å². The summed E-state index contributed by atoms with van der Waals surface area (Å²) in [7, 11) is 1.68. The molecule has 0 radical (unpaired) electrons. The van der Waals surface area contributed by atoms with Crippen molar-refractivity contribution in [3.05, 3.63) is 24.5 Å². The van der Waals surface area contributed by atoms with E-state index in [1.54, 1.807) is 18.3 Å². The molecular formula is C22H34N5O+. The van der Waals surface area contributed by atoms with Crippen molar-refractivity contribution in [2.45, 2.75) is 46.0 Å². The predicted molar refractivity (Wildman–Crippen MR) is 116 cm³/mol. The molecule has 152 valence electrons. The fourth-order valence-electron chi connectivity index (χ4n) is 3.71. The molecule has 0 atom stereocenters. The van der Waals surface area contributed by atoms with Gasteiger partial charge in [0.1, 0.15) is 23.1 Å². The van der Waals surface area contributed by atoms with E-state index >= 15 is 0 Å². The van der Waals surface area contributed by atoms with Crippen molar-refractivity contribution >= 4 is 27.8 Å². The van der Waals surface area contributed by atoms with Gasteiger partial charge in [-0.1, -0.05) is 26.7 Å². The Labute approximate surface area is 167 Å². The third-order valence-electron chi connectivity index (χ3n) is 5.36. The largest absolute Gasteiger partial charge is 0.497 e. The number of unbranched alkanes of at least 4 members (excludes halogenated alkanes) is 2. The fraction of sp³-hybridized carbons (Fsp3) is 0.545. The molecule has 0 amide bonds. The lowest BCUT2D eigenvalue weighted by atomic mass is 10.2. The number of nitrogens with zero attached hydrogens (tertiary/aromatic N) is 2. The molecule has 0 bridgehead atoms. The Morgan fingerprint density at radius 3 is 2.50 bits per heavy atom. The minimum atomic E-state index is 0.837. The first kappa shape index (κ1) is 20.4. The fourth-order valence-corrected chi connectivity index (χ4v) is 3.71. The number of benzene rings is 1. The van der Waals surface area contributed by atoms with Gasteiger partial charge in [-0.2, -0.15) is 0 Å². The molecule has 0 aliphatic heterocycles. The van der Waals surface area contributed by atoms with Crippen LogP contribution in [-0.2, 0) is 0 Å². The van der Waals surface area contributed by atoms with Gasteiger partial charge in [-0.15, -0.1) is 0 Å². The molecular weight excluding hydrogens is 350 g/mol. The molecule has 0 aliphatic carbocycles. The quantitative estimate of drug-likeness (QED) is 0.419. The first-order chi connectivity index (χ1) is 13.8. The average molecular weight is 385 g/mol. The maximum absolute atomic E-state index is 5.35. The molecule has 2 aromatic heterocycles. The number of quaternary nitrogens is 1. The molecule has 0 fully saturated rings. The highest BCUT2D eigenvalue weighted by Gasteiger charge is 2.12. The molecule has 1 aromatic carbocycles. The van der Waals surface area contributed by atoms with E-state index < -0.39 is 0 Å². The number of H-pyrrole nitrogens is 1. The van der Waals surface area contributed by atoms with Crippen LogP contribution < -0.4 is 15.0 Å². The van der Waals surface area contributed by atoms with Crippen LogP contribution in [0.25, 0.3) is 21.9 Å². The van der Waals surface area contributed by atoms with Crippen LogP contribution in [-0.4, -0.2) is 48.2 Å². The molecule has 28 heavy (non-hydrogen) atoms.